The molecule has 0 fully saturated rings. The largest absolute Gasteiger partial charge is 0.481 e. The van der Waals surface area contributed by atoms with Gasteiger partial charge in [-0.15, -0.1) is 0 Å². The third-order valence-electron chi connectivity index (χ3n) is 4.04. The number of carbonyl (C=O) groups is 1. The molecule has 3 N–H and O–H groups in total. The van der Waals surface area contributed by atoms with E-state index in [1.807, 2.05) is 42.5 Å². The first-order chi connectivity index (χ1) is 13.7. The van der Waals surface area contributed by atoms with Gasteiger partial charge in [-0.05, 0) is 42.8 Å². The molecule has 3 aromatic rings. The first kappa shape index (κ1) is 19.6. The number of hydrogen-bond donors (Lipinski definition) is 3. The number of amides is 1. The van der Waals surface area contributed by atoms with Gasteiger partial charge in [-0.2, -0.15) is 0 Å². The second-order valence-electron chi connectivity index (χ2n) is 6.14. The molecule has 7 heteroatoms. The fourth-order valence-corrected chi connectivity index (χ4v) is 2.83. The Hall–Kier alpha value is -3.19. The van der Waals surface area contributed by atoms with Crippen LogP contribution in [0.2, 0.25) is 0 Å². The van der Waals surface area contributed by atoms with Crippen molar-refractivity contribution in [3.05, 3.63) is 72.4 Å². The minimum Gasteiger partial charge on any atom is -0.481 e. The van der Waals surface area contributed by atoms with Crippen molar-refractivity contribution in [2.45, 2.75) is 12.8 Å². The van der Waals surface area contributed by atoms with Crippen molar-refractivity contribution in [1.29, 1.82) is 0 Å². The molecule has 0 saturated carbocycles. The van der Waals surface area contributed by atoms with E-state index in [4.69, 9.17) is 17.0 Å². The molecule has 0 radical (unpaired) electrons. The van der Waals surface area contributed by atoms with Gasteiger partial charge in [0.05, 0.1) is 0 Å². The molecule has 0 saturated heterocycles. The molecule has 6 nitrogen and oxygen atoms in total. The Balaban J connectivity index is 1.34. The normalized spacial score (nSPS) is 10.3. The Kier molecular flexibility index (Phi) is 7.14. The predicted octanol–water partition coefficient (Wildman–Crippen LogP) is 2.74. The van der Waals surface area contributed by atoms with Gasteiger partial charge in [-0.3, -0.25) is 20.6 Å². The third-order valence-corrected chi connectivity index (χ3v) is 4.29. The van der Waals surface area contributed by atoms with Gasteiger partial charge in [0.15, 0.2) is 11.7 Å². The lowest BCUT2D eigenvalue weighted by Crippen LogP contribution is -2.48. The van der Waals surface area contributed by atoms with Gasteiger partial charge in [-0.25, -0.2) is 0 Å². The average molecular weight is 395 g/mol. The monoisotopic (exact) mass is 394 g/mol. The average Bonchev–Trinajstić information content (AvgIpc) is 2.74. The topological polar surface area (TPSA) is 75.3 Å². The van der Waals surface area contributed by atoms with Crippen LogP contribution in [0, 0.1) is 0 Å². The van der Waals surface area contributed by atoms with Crippen molar-refractivity contribution in [2.24, 2.45) is 0 Å². The highest BCUT2D eigenvalue weighted by Crippen LogP contribution is 2.22. The number of hydrazine groups is 1. The Morgan fingerprint density at radius 1 is 1.00 bits per heavy atom. The molecular formula is C21H22N4O2S. The summed E-state index contributed by atoms with van der Waals surface area (Å²) in [5, 5.41) is 4.39. The molecule has 0 bridgehead atoms. The zero-order valence-corrected chi connectivity index (χ0v) is 16.2. The fourth-order valence-electron chi connectivity index (χ4n) is 2.68. The summed E-state index contributed by atoms with van der Waals surface area (Å²) in [4.78, 5) is 16.3. The Morgan fingerprint density at radius 3 is 2.68 bits per heavy atom. The molecule has 2 aromatic carbocycles. The van der Waals surface area contributed by atoms with E-state index in [0.29, 0.717) is 10.9 Å². The number of nitrogens with zero attached hydrogens (tertiary/aromatic N) is 1. The molecule has 1 aromatic heterocycles. The van der Waals surface area contributed by atoms with Gasteiger partial charge < -0.3 is 10.1 Å². The number of benzene rings is 2. The third kappa shape index (κ3) is 5.92. The SMILES string of the molecule is O=C(COc1cccc2cccnc12)NNC(=S)NCCCc1ccccc1. The van der Waals surface area contributed by atoms with Crippen molar-refractivity contribution >= 4 is 34.1 Å². The van der Waals surface area contributed by atoms with Crippen LogP contribution in [-0.4, -0.2) is 29.2 Å². The van der Waals surface area contributed by atoms with Crippen LogP contribution in [0.15, 0.2) is 66.9 Å². The highest BCUT2D eigenvalue weighted by atomic mass is 32.1. The summed E-state index contributed by atoms with van der Waals surface area (Å²) in [7, 11) is 0. The van der Waals surface area contributed by atoms with E-state index >= 15 is 0 Å². The molecule has 0 spiro atoms. The highest BCUT2D eigenvalue weighted by molar-refractivity contribution is 7.80. The van der Waals surface area contributed by atoms with Crippen LogP contribution in [0.25, 0.3) is 10.9 Å². The Bertz CT molecular complexity index is 929. The van der Waals surface area contributed by atoms with Gasteiger partial charge >= 0.3 is 0 Å². The van der Waals surface area contributed by atoms with Crippen LogP contribution in [0.4, 0.5) is 0 Å². The van der Waals surface area contributed by atoms with E-state index in [2.05, 4.69) is 33.3 Å². The van der Waals surface area contributed by atoms with Crippen LogP contribution in [0.3, 0.4) is 0 Å². The van der Waals surface area contributed by atoms with Crippen LogP contribution in [0.1, 0.15) is 12.0 Å². The molecule has 0 atom stereocenters. The van der Waals surface area contributed by atoms with Gasteiger partial charge in [0.25, 0.3) is 5.91 Å². The molecule has 0 aliphatic carbocycles. The lowest BCUT2D eigenvalue weighted by Gasteiger charge is -2.12. The molecule has 1 heterocycles. The van der Waals surface area contributed by atoms with Crippen molar-refractivity contribution in [2.75, 3.05) is 13.2 Å². The number of ether oxygens (including phenoxy) is 1. The van der Waals surface area contributed by atoms with E-state index in [1.54, 1.807) is 12.3 Å². The predicted molar refractivity (Wildman–Crippen MR) is 114 cm³/mol. The van der Waals surface area contributed by atoms with Crippen LogP contribution < -0.4 is 20.9 Å². The second kappa shape index (κ2) is 10.2. The number of hydrogen-bond acceptors (Lipinski definition) is 4. The lowest BCUT2D eigenvalue weighted by atomic mass is 10.1. The Morgan fingerprint density at radius 2 is 1.82 bits per heavy atom. The number of aryl methyl sites for hydroxylation is 1. The zero-order chi connectivity index (χ0) is 19.6. The molecule has 0 aliphatic heterocycles. The summed E-state index contributed by atoms with van der Waals surface area (Å²) in [5.41, 5.74) is 7.21. The first-order valence-corrected chi connectivity index (χ1v) is 9.46. The number of aromatic nitrogens is 1. The molecule has 0 unspecified atom stereocenters. The van der Waals surface area contributed by atoms with E-state index in [1.165, 1.54) is 5.56 Å². The van der Waals surface area contributed by atoms with E-state index in [0.717, 1.165) is 30.3 Å². The van der Waals surface area contributed by atoms with Crippen molar-refractivity contribution in [3.8, 4) is 5.75 Å². The lowest BCUT2D eigenvalue weighted by molar-refractivity contribution is -0.123. The van der Waals surface area contributed by atoms with Crippen LogP contribution in [-0.2, 0) is 11.2 Å². The van der Waals surface area contributed by atoms with Gasteiger partial charge in [0, 0.05) is 18.1 Å². The van der Waals surface area contributed by atoms with Crippen LogP contribution in [0.5, 0.6) is 5.75 Å². The number of pyridine rings is 1. The smallest absolute Gasteiger partial charge is 0.276 e. The summed E-state index contributed by atoms with van der Waals surface area (Å²) in [6, 6.07) is 19.7. The fraction of sp³-hybridized carbons (Fsp3) is 0.190. The molecule has 0 aliphatic rings. The number of carbonyl (C=O) groups excluding carboxylic acids is 1. The van der Waals surface area contributed by atoms with E-state index in [9.17, 15) is 4.79 Å². The Labute approximate surface area is 169 Å². The second-order valence-corrected chi connectivity index (χ2v) is 6.55. The summed E-state index contributed by atoms with van der Waals surface area (Å²) in [5.74, 6) is 0.233. The first-order valence-electron chi connectivity index (χ1n) is 9.05. The highest BCUT2D eigenvalue weighted by Gasteiger charge is 2.07. The molecule has 28 heavy (non-hydrogen) atoms. The number of para-hydroxylation sites is 1. The molecule has 144 valence electrons. The molecule has 3 rings (SSSR count). The zero-order valence-electron chi connectivity index (χ0n) is 15.4. The van der Waals surface area contributed by atoms with Gasteiger partial charge in [0.1, 0.15) is 11.3 Å². The number of nitrogens with one attached hydrogen (secondary N) is 3. The minimum atomic E-state index is -0.332. The van der Waals surface area contributed by atoms with Crippen molar-refractivity contribution < 1.29 is 9.53 Å². The van der Waals surface area contributed by atoms with Gasteiger partial charge in [0.2, 0.25) is 0 Å². The van der Waals surface area contributed by atoms with Crippen molar-refractivity contribution in [1.82, 2.24) is 21.2 Å². The van der Waals surface area contributed by atoms with Gasteiger partial charge in [-0.1, -0.05) is 48.5 Å². The van der Waals surface area contributed by atoms with E-state index in [-0.39, 0.29) is 12.5 Å². The van der Waals surface area contributed by atoms with Crippen molar-refractivity contribution in [3.63, 3.8) is 0 Å². The quantitative estimate of drug-likeness (QED) is 0.325. The standard InChI is InChI=1S/C21H22N4O2S/c26-19(15-27-18-12-4-10-17-11-6-13-22-20(17)18)24-25-21(28)23-14-5-9-16-7-2-1-3-8-16/h1-4,6-8,10-13H,5,9,14-15H2,(H,24,26)(H2,23,25,28). The maximum Gasteiger partial charge on any atom is 0.276 e. The van der Waals surface area contributed by atoms with E-state index < -0.39 is 0 Å². The number of fused-ring (bicyclic) bond motifs is 1. The number of rotatable bonds is 7. The summed E-state index contributed by atoms with van der Waals surface area (Å²) < 4.78 is 5.58. The molecule has 1 amide bonds. The maximum atomic E-state index is 12.0. The van der Waals surface area contributed by atoms with Crippen LogP contribution >= 0.6 is 12.2 Å². The summed E-state index contributed by atoms with van der Waals surface area (Å²) >= 11 is 5.16. The number of thiocarbonyl (C=S) groups is 1. The minimum absolute atomic E-state index is 0.140. The maximum absolute atomic E-state index is 12.0. The summed E-state index contributed by atoms with van der Waals surface area (Å²) in [6.45, 7) is 0.577. The summed E-state index contributed by atoms with van der Waals surface area (Å²) in [6.07, 6.45) is 3.60. The molecular weight excluding hydrogens is 372 g/mol.